The molecule has 1 aromatic carbocycles. The maximum absolute atomic E-state index is 3.83. The second-order valence-electron chi connectivity index (χ2n) is 3.00. The summed E-state index contributed by atoms with van der Waals surface area (Å²) >= 11 is 0. The van der Waals surface area contributed by atoms with Crippen molar-refractivity contribution in [2.45, 2.75) is 26.7 Å². The van der Waals surface area contributed by atoms with Crippen molar-refractivity contribution in [3.05, 3.63) is 49.4 Å². The Morgan fingerprint density at radius 3 is 1.93 bits per heavy atom. The number of unbranched alkanes of at least 4 members (excludes halogenated alkanes) is 1. The largest absolute Gasteiger partial charge is 1.00 e. The van der Waals surface area contributed by atoms with Crippen molar-refractivity contribution in [1.82, 2.24) is 0 Å². The Morgan fingerprint density at radius 1 is 1.29 bits per heavy atom. The molecule has 0 N–H and O–H groups in total. The molecule has 0 aliphatic rings. The van der Waals surface area contributed by atoms with Gasteiger partial charge in [-0.25, -0.2) is 0 Å². The third-order valence-electron chi connectivity index (χ3n) is 1.62. The van der Waals surface area contributed by atoms with E-state index in [0.29, 0.717) is 0 Å². The monoisotopic (exact) mass is 182 g/mol. The molecule has 72 valence electrons. The molecule has 0 spiro atoms. The van der Waals surface area contributed by atoms with Gasteiger partial charge in [0.25, 0.3) is 0 Å². The molecule has 0 saturated carbocycles. The first-order chi connectivity index (χ1) is 6.22. The molecular weight excluding hydrogens is 163 g/mol. The second kappa shape index (κ2) is 10.6. The molecule has 0 nitrogen and oxygen atoms in total. The summed E-state index contributed by atoms with van der Waals surface area (Å²) in [6.45, 7) is 11.6. The third-order valence-corrected chi connectivity index (χ3v) is 1.62. The van der Waals surface area contributed by atoms with Crippen molar-refractivity contribution >= 4 is 5.57 Å². The van der Waals surface area contributed by atoms with Crippen LogP contribution in [0.5, 0.6) is 0 Å². The summed E-state index contributed by atoms with van der Waals surface area (Å²) < 4.78 is 0. The van der Waals surface area contributed by atoms with E-state index in [1.165, 1.54) is 12.0 Å². The maximum atomic E-state index is 3.83. The molecule has 0 amide bonds. The summed E-state index contributed by atoms with van der Waals surface area (Å²) in [4.78, 5) is 0. The molecule has 0 heterocycles. The predicted molar refractivity (Wildman–Crippen MR) is 61.4 cm³/mol. The molecule has 0 bridgehead atoms. The van der Waals surface area contributed by atoms with E-state index in [-0.39, 0.29) is 18.9 Å². The van der Waals surface area contributed by atoms with E-state index in [1.54, 1.807) is 0 Å². The van der Waals surface area contributed by atoms with Crippen LogP contribution in [-0.2, 0) is 0 Å². The summed E-state index contributed by atoms with van der Waals surface area (Å²) in [5.74, 6) is 0. The van der Waals surface area contributed by atoms with Gasteiger partial charge in [0.15, 0.2) is 0 Å². The standard InChI is InChI=1S/C9H10.C4H9.Li/c1-8(2)9-6-4-3-5-7-9;1-3-4-2;/h3-7H,1H2,2H3;1,3-4H2,2H3;/q;-1;+1. The first-order valence-electron chi connectivity index (χ1n) is 4.72. The average Bonchev–Trinajstić information content (AvgIpc) is 2.19. The van der Waals surface area contributed by atoms with Crippen LogP contribution in [0.1, 0.15) is 32.3 Å². The fraction of sp³-hybridized carbons (Fsp3) is 0.308. The maximum Gasteiger partial charge on any atom is 1.00 e. The quantitative estimate of drug-likeness (QED) is 0.478. The van der Waals surface area contributed by atoms with Gasteiger partial charge in [0.2, 0.25) is 0 Å². The smallest absolute Gasteiger partial charge is 0.343 e. The fourth-order valence-electron chi connectivity index (χ4n) is 0.723. The van der Waals surface area contributed by atoms with Gasteiger partial charge in [0.1, 0.15) is 0 Å². The Morgan fingerprint density at radius 2 is 1.71 bits per heavy atom. The molecule has 0 atom stereocenters. The van der Waals surface area contributed by atoms with Gasteiger partial charge in [-0.05, 0) is 12.5 Å². The van der Waals surface area contributed by atoms with Gasteiger partial charge in [-0.3, -0.25) is 0 Å². The van der Waals surface area contributed by atoms with Crippen LogP contribution >= 0.6 is 0 Å². The first kappa shape index (κ1) is 16.0. The van der Waals surface area contributed by atoms with Crippen LogP contribution in [0.3, 0.4) is 0 Å². The minimum Gasteiger partial charge on any atom is -0.343 e. The normalized spacial score (nSPS) is 7.93. The van der Waals surface area contributed by atoms with Crippen LogP contribution in [-0.4, -0.2) is 0 Å². The summed E-state index contributed by atoms with van der Waals surface area (Å²) in [5.41, 5.74) is 2.34. The molecule has 1 rings (SSSR count). The zero-order valence-corrected chi connectivity index (χ0v) is 9.72. The van der Waals surface area contributed by atoms with Crippen molar-refractivity contribution in [2.75, 3.05) is 0 Å². The molecule has 0 aliphatic heterocycles. The van der Waals surface area contributed by atoms with Gasteiger partial charge >= 0.3 is 18.9 Å². The molecular formula is C13H19Li. The molecule has 1 aromatic rings. The van der Waals surface area contributed by atoms with Crippen molar-refractivity contribution in [2.24, 2.45) is 0 Å². The minimum absolute atomic E-state index is 0. The van der Waals surface area contributed by atoms with Crippen LogP contribution in [0.25, 0.3) is 5.57 Å². The second-order valence-corrected chi connectivity index (χ2v) is 3.00. The summed E-state index contributed by atoms with van der Waals surface area (Å²) in [5, 5.41) is 0. The zero-order chi connectivity index (χ0) is 10.1. The molecule has 14 heavy (non-hydrogen) atoms. The van der Waals surface area contributed by atoms with E-state index < -0.39 is 0 Å². The van der Waals surface area contributed by atoms with Gasteiger partial charge in [-0.1, -0.05) is 55.8 Å². The molecule has 0 saturated heterocycles. The molecule has 0 aromatic heterocycles. The summed E-state index contributed by atoms with van der Waals surface area (Å²) in [6.07, 6.45) is 2.28. The SMILES string of the molecule is C=C(C)c1ccccc1.[CH2-]CCC.[Li+]. The van der Waals surface area contributed by atoms with E-state index in [2.05, 4.69) is 32.6 Å². The minimum atomic E-state index is 0. The summed E-state index contributed by atoms with van der Waals surface area (Å²) in [7, 11) is 0. The Labute approximate surface area is 101 Å². The van der Waals surface area contributed by atoms with Gasteiger partial charge in [-0.2, -0.15) is 6.42 Å². The number of benzene rings is 1. The Kier molecular flexibility index (Phi) is 12.2. The average molecular weight is 182 g/mol. The number of hydrogen-bond acceptors (Lipinski definition) is 0. The predicted octanol–water partition coefficient (Wildman–Crippen LogP) is 1.34. The van der Waals surface area contributed by atoms with Crippen LogP contribution in [0.4, 0.5) is 0 Å². The van der Waals surface area contributed by atoms with Crippen molar-refractivity contribution < 1.29 is 18.9 Å². The van der Waals surface area contributed by atoms with E-state index in [4.69, 9.17) is 0 Å². The molecule has 1 heteroatoms. The fourth-order valence-corrected chi connectivity index (χ4v) is 0.723. The van der Waals surface area contributed by atoms with Gasteiger partial charge in [0, 0.05) is 0 Å². The topological polar surface area (TPSA) is 0 Å². The van der Waals surface area contributed by atoms with Crippen molar-refractivity contribution in [3.63, 3.8) is 0 Å². The van der Waals surface area contributed by atoms with E-state index in [1.807, 2.05) is 25.1 Å². The first-order valence-corrected chi connectivity index (χ1v) is 4.72. The number of rotatable bonds is 2. The van der Waals surface area contributed by atoms with Gasteiger partial charge < -0.3 is 6.92 Å². The van der Waals surface area contributed by atoms with Crippen molar-refractivity contribution in [1.29, 1.82) is 0 Å². The number of allylic oxidation sites excluding steroid dienone is 1. The van der Waals surface area contributed by atoms with Crippen LogP contribution in [0.15, 0.2) is 36.9 Å². The van der Waals surface area contributed by atoms with E-state index in [0.717, 1.165) is 12.0 Å². The Bertz CT molecular complexity index is 224. The van der Waals surface area contributed by atoms with E-state index >= 15 is 0 Å². The Balaban J connectivity index is 0. The molecule has 0 radical (unpaired) electrons. The Hall–Kier alpha value is -0.443. The van der Waals surface area contributed by atoms with Crippen LogP contribution in [0.2, 0.25) is 0 Å². The van der Waals surface area contributed by atoms with Gasteiger partial charge in [0.05, 0.1) is 0 Å². The van der Waals surface area contributed by atoms with Crippen LogP contribution < -0.4 is 18.9 Å². The molecule has 0 fully saturated rings. The zero-order valence-electron chi connectivity index (χ0n) is 9.72. The number of hydrogen-bond donors (Lipinski definition) is 0. The van der Waals surface area contributed by atoms with Gasteiger partial charge in [-0.15, -0.1) is 0 Å². The third kappa shape index (κ3) is 8.17. The van der Waals surface area contributed by atoms with Crippen molar-refractivity contribution in [3.8, 4) is 0 Å². The molecule has 0 unspecified atom stereocenters. The van der Waals surface area contributed by atoms with Crippen LogP contribution in [0, 0.1) is 6.92 Å². The molecule has 0 aliphatic carbocycles. The summed E-state index contributed by atoms with van der Waals surface area (Å²) in [6, 6.07) is 10.2. The van der Waals surface area contributed by atoms with E-state index in [9.17, 15) is 0 Å².